The van der Waals surface area contributed by atoms with Gasteiger partial charge in [-0.2, -0.15) is 0 Å². The summed E-state index contributed by atoms with van der Waals surface area (Å²) in [5.41, 5.74) is 1.57. The first-order valence-corrected chi connectivity index (χ1v) is 14.9. The number of esters is 1. The second-order valence-corrected chi connectivity index (χ2v) is 11.4. The highest BCUT2D eigenvalue weighted by Gasteiger charge is 2.38. The summed E-state index contributed by atoms with van der Waals surface area (Å²) in [5.74, 6) is -1.29. The number of alkyl carbamates (subject to hydrolysis) is 1. The molecule has 10 heteroatoms. The molecular weight excluding hydrogens is 550 g/mol. The fourth-order valence-electron chi connectivity index (χ4n) is 4.48. The fourth-order valence-corrected chi connectivity index (χ4v) is 4.48. The van der Waals surface area contributed by atoms with E-state index in [0.29, 0.717) is 17.5 Å². The Morgan fingerprint density at radius 2 is 1.53 bits per heavy atom. The minimum Gasteiger partial charge on any atom is -0.508 e. The van der Waals surface area contributed by atoms with Gasteiger partial charge in [-0.1, -0.05) is 50.2 Å². The van der Waals surface area contributed by atoms with Crippen molar-refractivity contribution >= 4 is 23.9 Å². The predicted molar refractivity (Wildman–Crippen MR) is 164 cm³/mol. The molecule has 236 valence electrons. The molecule has 0 saturated heterocycles. The normalized spacial score (nSPS) is 13.3. The standard InChI is InChI=1S/C33H47N3O7/c1-8-22(4)36(29(25-15-11-23(9-2)12-16-25)30(39)34-20-19-28(38)42-10-3)31(40)27(35-32(41)43-33(5,6)7)21-24-13-17-26(37)18-14-24/h11-18,22,27,29,37H,8-10,19-21H2,1-7H3,(H,34,39)(H,35,41). The first kappa shape index (κ1) is 35.1. The second kappa shape index (κ2) is 16.5. The van der Waals surface area contributed by atoms with Crippen molar-refractivity contribution in [3.63, 3.8) is 0 Å². The number of nitrogens with one attached hydrogen (secondary N) is 2. The lowest BCUT2D eigenvalue weighted by molar-refractivity contribution is -0.146. The lowest BCUT2D eigenvalue weighted by Crippen LogP contribution is -2.56. The average molecular weight is 598 g/mol. The molecule has 0 aliphatic rings. The molecule has 0 radical (unpaired) electrons. The van der Waals surface area contributed by atoms with Crippen molar-refractivity contribution < 1.29 is 33.8 Å². The first-order valence-electron chi connectivity index (χ1n) is 14.9. The summed E-state index contributed by atoms with van der Waals surface area (Å²) in [5, 5.41) is 15.3. The number of phenolic OH excluding ortho intramolecular Hbond substituents is 1. The molecule has 3 amide bonds. The number of amides is 3. The highest BCUT2D eigenvalue weighted by molar-refractivity contribution is 5.92. The molecule has 0 aromatic heterocycles. The van der Waals surface area contributed by atoms with E-state index in [9.17, 15) is 24.3 Å². The third-order valence-corrected chi connectivity index (χ3v) is 6.85. The Balaban J connectivity index is 2.54. The summed E-state index contributed by atoms with van der Waals surface area (Å²) in [6, 6.07) is 11.3. The molecule has 2 aromatic carbocycles. The zero-order chi connectivity index (χ0) is 32.2. The monoisotopic (exact) mass is 597 g/mol. The van der Waals surface area contributed by atoms with Gasteiger partial charge in [0.05, 0.1) is 13.0 Å². The van der Waals surface area contributed by atoms with Crippen LogP contribution in [0.3, 0.4) is 0 Å². The van der Waals surface area contributed by atoms with Crippen LogP contribution in [0.2, 0.25) is 0 Å². The molecule has 0 spiro atoms. The third-order valence-electron chi connectivity index (χ3n) is 6.85. The quantitative estimate of drug-likeness (QED) is 0.266. The van der Waals surface area contributed by atoms with Crippen LogP contribution in [-0.2, 0) is 36.7 Å². The van der Waals surface area contributed by atoms with Crippen molar-refractivity contribution in [3.05, 3.63) is 65.2 Å². The summed E-state index contributed by atoms with van der Waals surface area (Å²) in [7, 11) is 0. The number of aryl methyl sites for hydroxylation is 1. The van der Waals surface area contributed by atoms with Crippen LogP contribution in [0.1, 0.15) is 84.0 Å². The number of benzene rings is 2. The van der Waals surface area contributed by atoms with Gasteiger partial charge in [0.1, 0.15) is 23.4 Å². The molecule has 2 rings (SSSR count). The van der Waals surface area contributed by atoms with Crippen LogP contribution in [0.25, 0.3) is 0 Å². The van der Waals surface area contributed by atoms with Crippen LogP contribution < -0.4 is 10.6 Å². The maximum atomic E-state index is 14.5. The van der Waals surface area contributed by atoms with Gasteiger partial charge >= 0.3 is 12.1 Å². The fraction of sp³-hybridized carbons (Fsp3) is 0.515. The molecule has 0 fully saturated rings. The number of nitrogens with zero attached hydrogens (tertiary/aromatic N) is 1. The number of phenols is 1. The predicted octanol–water partition coefficient (Wildman–Crippen LogP) is 4.83. The van der Waals surface area contributed by atoms with Crippen molar-refractivity contribution in [1.82, 2.24) is 15.5 Å². The summed E-state index contributed by atoms with van der Waals surface area (Å²) in [4.78, 5) is 54.6. The summed E-state index contributed by atoms with van der Waals surface area (Å²) >= 11 is 0. The van der Waals surface area contributed by atoms with E-state index in [0.717, 1.165) is 12.0 Å². The molecule has 3 N–H and O–H groups in total. The highest BCUT2D eigenvalue weighted by atomic mass is 16.6. The smallest absolute Gasteiger partial charge is 0.408 e. The molecule has 2 aromatic rings. The third kappa shape index (κ3) is 11.3. The van der Waals surface area contributed by atoms with Crippen LogP contribution in [-0.4, -0.2) is 64.7 Å². The van der Waals surface area contributed by atoms with Gasteiger partial charge in [-0.3, -0.25) is 14.4 Å². The summed E-state index contributed by atoms with van der Waals surface area (Å²) in [6.07, 6.45) is 0.652. The van der Waals surface area contributed by atoms with Crippen LogP contribution >= 0.6 is 0 Å². The molecule has 0 bridgehead atoms. The minimum atomic E-state index is -1.09. The number of hydrogen-bond acceptors (Lipinski definition) is 7. The van der Waals surface area contributed by atoms with Crippen molar-refractivity contribution in [2.75, 3.05) is 13.2 Å². The topological polar surface area (TPSA) is 134 Å². The lowest BCUT2D eigenvalue weighted by Gasteiger charge is -2.38. The number of carbonyl (C=O) groups is 4. The van der Waals surface area contributed by atoms with Crippen LogP contribution in [0.5, 0.6) is 5.75 Å². The zero-order valence-corrected chi connectivity index (χ0v) is 26.4. The molecule has 3 unspecified atom stereocenters. The Morgan fingerprint density at radius 1 is 0.930 bits per heavy atom. The minimum absolute atomic E-state index is 0.0119. The number of rotatable bonds is 14. The maximum Gasteiger partial charge on any atom is 0.408 e. The Hall–Kier alpha value is -4.08. The van der Waals surface area contributed by atoms with Crippen LogP contribution in [0.4, 0.5) is 4.79 Å². The molecular formula is C33H47N3O7. The lowest BCUT2D eigenvalue weighted by atomic mass is 9.97. The van der Waals surface area contributed by atoms with E-state index in [1.165, 1.54) is 17.0 Å². The molecule has 3 atom stereocenters. The summed E-state index contributed by atoms with van der Waals surface area (Å²) < 4.78 is 10.5. The Morgan fingerprint density at radius 3 is 2.07 bits per heavy atom. The second-order valence-electron chi connectivity index (χ2n) is 11.4. The molecule has 0 aliphatic carbocycles. The Kier molecular flexibility index (Phi) is 13.5. The zero-order valence-electron chi connectivity index (χ0n) is 26.4. The Bertz CT molecular complexity index is 1210. The molecule has 0 saturated carbocycles. The largest absolute Gasteiger partial charge is 0.508 e. The van der Waals surface area contributed by atoms with Crippen LogP contribution in [0, 0.1) is 0 Å². The van der Waals surface area contributed by atoms with E-state index in [2.05, 4.69) is 10.6 Å². The number of carbonyl (C=O) groups excluding carboxylic acids is 4. The van der Waals surface area contributed by atoms with E-state index in [1.807, 2.05) is 45.0 Å². The van der Waals surface area contributed by atoms with Gasteiger partial charge in [-0.25, -0.2) is 4.79 Å². The van der Waals surface area contributed by atoms with E-state index >= 15 is 0 Å². The van der Waals surface area contributed by atoms with E-state index in [4.69, 9.17) is 9.47 Å². The van der Waals surface area contributed by atoms with Gasteiger partial charge in [0.25, 0.3) is 0 Å². The number of ether oxygens (including phenoxy) is 2. The molecule has 10 nitrogen and oxygen atoms in total. The van der Waals surface area contributed by atoms with Gasteiger partial charge in [-0.15, -0.1) is 0 Å². The SMILES string of the molecule is CCOC(=O)CCNC(=O)C(c1ccc(CC)cc1)N(C(=O)C(Cc1ccc(O)cc1)NC(=O)OC(C)(C)C)C(C)CC. The van der Waals surface area contributed by atoms with Gasteiger partial charge in [-0.05, 0) is 76.3 Å². The maximum absolute atomic E-state index is 14.5. The van der Waals surface area contributed by atoms with E-state index in [-0.39, 0.29) is 31.7 Å². The molecule has 0 aliphatic heterocycles. The van der Waals surface area contributed by atoms with Crippen molar-refractivity contribution in [1.29, 1.82) is 0 Å². The Labute approximate surface area is 255 Å². The molecule has 0 heterocycles. The van der Waals surface area contributed by atoms with E-state index in [1.54, 1.807) is 39.8 Å². The van der Waals surface area contributed by atoms with E-state index < -0.39 is 47.6 Å². The van der Waals surface area contributed by atoms with Gasteiger partial charge in [0.2, 0.25) is 11.8 Å². The first-order chi connectivity index (χ1) is 20.3. The van der Waals surface area contributed by atoms with Gasteiger partial charge in [0.15, 0.2) is 0 Å². The highest BCUT2D eigenvalue weighted by Crippen LogP contribution is 2.27. The van der Waals surface area contributed by atoms with Crippen molar-refractivity contribution in [3.8, 4) is 5.75 Å². The van der Waals surface area contributed by atoms with Gasteiger partial charge in [0, 0.05) is 19.0 Å². The number of aromatic hydroxyl groups is 1. The van der Waals surface area contributed by atoms with Crippen LogP contribution in [0.15, 0.2) is 48.5 Å². The van der Waals surface area contributed by atoms with Crippen molar-refractivity contribution in [2.45, 2.75) is 97.9 Å². The average Bonchev–Trinajstić information content (AvgIpc) is 2.95. The van der Waals surface area contributed by atoms with Crippen molar-refractivity contribution in [2.24, 2.45) is 0 Å². The summed E-state index contributed by atoms with van der Waals surface area (Å²) in [6.45, 7) is 13.0. The molecule has 43 heavy (non-hydrogen) atoms. The number of hydrogen-bond donors (Lipinski definition) is 3. The van der Waals surface area contributed by atoms with Gasteiger partial charge < -0.3 is 30.1 Å².